The van der Waals surface area contributed by atoms with E-state index in [1.54, 1.807) is 13.2 Å². The molecule has 0 amide bonds. The summed E-state index contributed by atoms with van der Waals surface area (Å²) in [6.07, 6.45) is 2.84. The van der Waals surface area contributed by atoms with Crippen LogP contribution in [0.3, 0.4) is 0 Å². The number of aryl methyl sites for hydroxylation is 1. The van der Waals surface area contributed by atoms with E-state index in [2.05, 4.69) is 0 Å². The molecule has 16 heavy (non-hydrogen) atoms. The van der Waals surface area contributed by atoms with Gasteiger partial charge >= 0.3 is 0 Å². The zero-order valence-corrected chi connectivity index (χ0v) is 9.66. The molecule has 0 aromatic heterocycles. The van der Waals surface area contributed by atoms with Crippen molar-refractivity contribution < 1.29 is 9.13 Å². The Morgan fingerprint density at radius 3 is 2.75 bits per heavy atom. The third-order valence-electron chi connectivity index (χ3n) is 2.87. The average molecular weight is 221 g/mol. The van der Waals surface area contributed by atoms with Crippen LogP contribution >= 0.6 is 0 Å². The highest BCUT2D eigenvalue weighted by Crippen LogP contribution is 2.23. The van der Waals surface area contributed by atoms with E-state index in [9.17, 15) is 4.39 Å². The molecule has 0 unspecified atom stereocenters. The van der Waals surface area contributed by atoms with E-state index in [0.29, 0.717) is 12.2 Å². The summed E-state index contributed by atoms with van der Waals surface area (Å²) in [6.45, 7) is 3.41. The van der Waals surface area contributed by atoms with Crippen molar-refractivity contribution in [2.24, 2.45) is 0 Å². The van der Waals surface area contributed by atoms with Gasteiger partial charge in [0.05, 0.1) is 18.6 Å². The van der Waals surface area contributed by atoms with Crippen molar-refractivity contribution in [1.29, 1.82) is 0 Å². The van der Waals surface area contributed by atoms with Gasteiger partial charge in [0.15, 0.2) is 0 Å². The fraction of sp³-hybridized carbons (Fsp3) is 0.385. The number of ether oxygens (including phenoxy) is 1. The van der Waals surface area contributed by atoms with Gasteiger partial charge in [0.1, 0.15) is 5.82 Å². The van der Waals surface area contributed by atoms with Crippen molar-refractivity contribution in [2.75, 3.05) is 25.1 Å². The van der Waals surface area contributed by atoms with Crippen molar-refractivity contribution in [3.05, 3.63) is 41.4 Å². The summed E-state index contributed by atoms with van der Waals surface area (Å²) >= 11 is 0. The molecule has 1 heterocycles. The minimum atomic E-state index is -0.144. The summed E-state index contributed by atoms with van der Waals surface area (Å²) in [6, 6.07) is 5.36. The van der Waals surface area contributed by atoms with Crippen LogP contribution in [-0.4, -0.2) is 20.2 Å². The molecule has 0 radical (unpaired) electrons. The van der Waals surface area contributed by atoms with Crippen LogP contribution in [0.1, 0.15) is 12.0 Å². The first-order valence-electron chi connectivity index (χ1n) is 5.45. The summed E-state index contributed by atoms with van der Waals surface area (Å²) in [4.78, 5) is 2.03. The van der Waals surface area contributed by atoms with Gasteiger partial charge in [0, 0.05) is 19.5 Å². The van der Waals surface area contributed by atoms with E-state index in [4.69, 9.17) is 4.74 Å². The van der Waals surface area contributed by atoms with Crippen LogP contribution in [0, 0.1) is 12.7 Å². The van der Waals surface area contributed by atoms with Crippen molar-refractivity contribution in [3.63, 3.8) is 0 Å². The summed E-state index contributed by atoms with van der Waals surface area (Å²) in [5.74, 6) is 0.845. The molecular formula is C13H16FNO. The van der Waals surface area contributed by atoms with Gasteiger partial charge in [-0.15, -0.1) is 0 Å². The van der Waals surface area contributed by atoms with E-state index in [1.807, 2.05) is 30.0 Å². The molecule has 0 aliphatic carbocycles. The summed E-state index contributed by atoms with van der Waals surface area (Å²) in [5.41, 5.74) is 1.63. The molecule has 0 N–H and O–H groups in total. The lowest BCUT2D eigenvalue weighted by atomic mass is 10.1. The molecule has 1 aromatic rings. The quantitative estimate of drug-likeness (QED) is 0.761. The lowest BCUT2D eigenvalue weighted by Crippen LogP contribution is -2.29. The van der Waals surface area contributed by atoms with Crippen LogP contribution in [0.4, 0.5) is 10.1 Å². The molecule has 1 aliphatic rings. The van der Waals surface area contributed by atoms with E-state index >= 15 is 0 Å². The summed E-state index contributed by atoms with van der Waals surface area (Å²) in [7, 11) is 1.67. The molecule has 0 bridgehead atoms. The van der Waals surface area contributed by atoms with Crippen LogP contribution in [0.15, 0.2) is 30.0 Å². The molecule has 0 saturated heterocycles. The molecular weight excluding hydrogens is 205 g/mol. The predicted octanol–water partition coefficient (Wildman–Crippen LogP) is 2.87. The van der Waals surface area contributed by atoms with Crippen LogP contribution < -0.4 is 4.90 Å². The highest BCUT2D eigenvalue weighted by molar-refractivity contribution is 5.50. The van der Waals surface area contributed by atoms with E-state index < -0.39 is 0 Å². The number of benzene rings is 1. The molecule has 0 spiro atoms. The van der Waals surface area contributed by atoms with Gasteiger partial charge < -0.3 is 9.64 Å². The maximum atomic E-state index is 13.7. The smallest absolute Gasteiger partial charge is 0.146 e. The van der Waals surface area contributed by atoms with Crippen LogP contribution in [0.25, 0.3) is 0 Å². The van der Waals surface area contributed by atoms with Gasteiger partial charge in [0.2, 0.25) is 0 Å². The Hall–Kier alpha value is -1.51. The Labute approximate surface area is 95.3 Å². The highest BCUT2D eigenvalue weighted by atomic mass is 19.1. The third kappa shape index (κ3) is 2.18. The fourth-order valence-electron chi connectivity index (χ4n) is 1.92. The Kier molecular flexibility index (Phi) is 3.13. The monoisotopic (exact) mass is 221 g/mol. The van der Waals surface area contributed by atoms with Crippen LogP contribution in [-0.2, 0) is 4.74 Å². The first-order valence-corrected chi connectivity index (χ1v) is 5.45. The zero-order chi connectivity index (χ0) is 11.5. The van der Waals surface area contributed by atoms with Gasteiger partial charge in [0.25, 0.3) is 0 Å². The number of hydrogen-bond acceptors (Lipinski definition) is 2. The topological polar surface area (TPSA) is 12.5 Å². The first kappa shape index (κ1) is 11.0. The maximum Gasteiger partial charge on any atom is 0.146 e. The molecule has 0 saturated carbocycles. The number of nitrogens with zero attached hydrogens (tertiary/aromatic N) is 1. The van der Waals surface area contributed by atoms with Crippen molar-refractivity contribution in [1.82, 2.24) is 0 Å². The van der Waals surface area contributed by atoms with Crippen molar-refractivity contribution in [3.8, 4) is 0 Å². The Bertz CT molecular complexity index is 414. The lowest BCUT2D eigenvalue weighted by Gasteiger charge is -2.28. The standard InChI is InChI=1S/C13H16FNO/c1-10-3-4-13(12(14)9-10)15-7-5-11(16-2)6-8-15/h3-5,9H,6-8H2,1-2H3. The fourth-order valence-corrected chi connectivity index (χ4v) is 1.92. The van der Waals surface area contributed by atoms with Crippen molar-refractivity contribution in [2.45, 2.75) is 13.3 Å². The second-order valence-corrected chi connectivity index (χ2v) is 4.03. The first-order chi connectivity index (χ1) is 7.70. The number of halogens is 1. The van der Waals surface area contributed by atoms with Gasteiger partial charge in [-0.25, -0.2) is 4.39 Å². The Balaban J connectivity index is 2.17. The molecule has 0 fully saturated rings. The molecule has 1 aromatic carbocycles. The van der Waals surface area contributed by atoms with Gasteiger partial charge in [-0.3, -0.25) is 0 Å². The molecule has 3 heteroatoms. The number of anilines is 1. The van der Waals surface area contributed by atoms with Gasteiger partial charge in [-0.1, -0.05) is 6.07 Å². The molecule has 86 valence electrons. The minimum Gasteiger partial charge on any atom is -0.501 e. The second-order valence-electron chi connectivity index (χ2n) is 4.03. The largest absolute Gasteiger partial charge is 0.501 e. The second kappa shape index (κ2) is 4.56. The van der Waals surface area contributed by atoms with Crippen LogP contribution in [0.5, 0.6) is 0 Å². The van der Waals surface area contributed by atoms with Crippen molar-refractivity contribution >= 4 is 5.69 Å². The molecule has 1 aliphatic heterocycles. The number of hydrogen-bond donors (Lipinski definition) is 0. The lowest BCUT2D eigenvalue weighted by molar-refractivity contribution is 0.272. The number of methoxy groups -OCH3 is 1. The third-order valence-corrected chi connectivity index (χ3v) is 2.87. The predicted molar refractivity (Wildman–Crippen MR) is 63.1 cm³/mol. The average Bonchev–Trinajstić information content (AvgIpc) is 2.29. The van der Waals surface area contributed by atoms with Gasteiger partial charge in [-0.2, -0.15) is 0 Å². The van der Waals surface area contributed by atoms with E-state index in [-0.39, 0.29) is 5.82 Å². The highest BCUT2D eigenvalue weighted by Gasteiger charge is 2.15. The minimum absolute atomic E-state index is 0.144. The molecule has 2 rings (SSSR count). The SMILES string of the molecule is COC1=CCN(c2ccc(C)cc2F)CC1. The summed E-state index contributed by atoms with van der Waals surface area (Å²) < 4.78 is 18.9. The normalized spacial score (nSPS) is 15.9. The Morgan fingerprint density at radius 1 is 1.38 bits per heavy atom. The molecule has 2 nitrogen and oxygen atoms in total. The van der Waals surface area contributed by atoms with Crippen LogP contribution in [0.2, 0.25) is 0 Å². The van der Waals surface area contributed by atoms with Gasteiger partial charge in [-0.05, 0) is 30.7 Å². The Morgan fingerprint density at radius 2 is 2.19 bits per heavy atom. The van der Waals surface area contributed by atoms with E-state index in [0.717, 1.165) is 24.3 Å². The van der Waals surface area contributed by atoms with E-state index in [1.165, 1.54) is 0 Å². The summed E-state index contributed by atoms with van der Waals surface area (Å²) in [5, 5.41) is 0. The maximum absolute atomic E-state index is 13.7. The zero-order valence-electron chi connectivity index (χ0n) is 9.66. The molecule has 0 atom stereocenters. The number of rotatable bonds is 2.